The van der Waals surface area contributed by atoms with Crippen molar-refractivity contribution in [2.75, 3.05) is 0 Å². The second kappa shape index (κ2) is 7.90. The van der Waals surface area contributed by atoms with Crippen molar-refractivity contribution in [3.8, 4) is 0 Å². The van der Waals surface area contributed by atoms with Crippen LogP contribution in [0.2, 0.25) is 19.3 Å². The summed E-state index contributed by atoms with van der Waals surface area (Å²) in [7, 11) is 0. The van der Waals surface area contributed by atoms with Crippen LogP contribution in [0.25, 0.3) is 0 Å². The summed E-state index contributed by atoms with van der Waals surface area (Å²) in [5, 5.41) is 0. The molecular formula is C12H26Sn. The van der Waals surface area contributed by atoms with Crippen LogP contribution >= 0.6 is 0 Å². The van der Waals surface area contributed by atoms with Crippen LogP contribution in [0.4, 0.5) is 0 Å². The zero-order chi connectivity index (χ0) is 10.2. The van der Waals surface area contributed by atoms with Gasteiger partial charge in [-0.15, -0.1) is 0 Å². The fourth-order valence-corrected chi connectivity index (χ4v) is 3.74. The molecule has 0 bridgehead atoms. The quantitative estimate of drug-likeness (QED) is 0.357. The Kier molecular flexibility index (Phi) is 8.23. The molecule has 0 N–H and O–H groups in total. The van der Waals surface area contributed by atoms with Gasteiger partial charge in [-0.25, -0.2) is 0 Å². The average molecular weight is 289 g/mol. The Morgan fingerprint density at radius 1 is 0.923 bits per heavy atom. The van der Waals surface area contributed by atoms with Crippen molar-refractivity contribution >= 4 is 18.4 Å². The maximum atomic E-state index is 2.50. The van der Waals surface area contributed by atoms with Crippen molar-refractivity contribution < 1.29 is 0 Å². The van der Waals surface area contributed by atoms with Crippen molar-refractivity contribution in [1.82, 2.24) is 0 Å². The predicted molar refractivity (Wildman–Crippen MR) is 66.1 cm³/mol. The summed E-state index contributed by atoms with van der Waals surface area (Å²) in [5.74, 6) is 0. The van der Waals surface area contributed by atoms with E-state index >= 15 is 0 Å². The van der Waals surface area contributed by atoms with Gasteiger partial charge in [0.15, 0.2) is 0 Å². The van der Waals surface area contributed by atoms with Gasteiger partial charge in [0.25, 0.3) is 0 Å². The third kappa shape index (κ3) is 12.5. The van der Waals surface area contributed by atoms with Crippen molar-refractivity contribution in [3.05, 3.63) is 12.2 Å². The maximum absolute atomic E-state index is 2.50. The molecule has 0 radical (unpaired) electrons. The molecule has 0 aliphatic heterocycles. The fourth-order valence-electron chi connectivity index (χ4n) is 1.24. The Labute approximate surface area is 88.7 Å². The third-order valence-corrected chi connectivity index (χ3v) is 6.29. The number of unbranched alkanes of at least 4 members (excludes halogenated alkanes) is 4. The van der Waals surface area contributed by atoms with Crippen LogP contribution < -0.4 is 0 Å². The molecule has 0 saturated heterocycles. The molecule has 0 rings (SSSR count). The first-order chi connectivity index (χ1) is 6.06. The summed E-state index contributed by atoms with van der Waals surface area (Å²) < 4.78 is 1.42. The molecule has 0 atom stereocenters. The molecule has 0 heterocycles. The van der Waals surface area contributed by atoms with E-state index in [2.05, 4.69) is 33.9 Å². The fraction of sp³-hybridized carbons (Fsp3) is 0.833. The van der Waals surface area contributed by atoms with Gasteiger partial charge in [0, 0.05) is 0 Å². The summed E-state index contributed by atoms with van der Waals surface area (Å²) in [5.41, 5.74) is 0. The van der Waals surface area contributed by atoms with E-state index in [1.54, 1.807) is 0 Å². The van der Waals surface area contributed by atoms with Gasteiger partial charge in [0.2, 0.25) is 0 Å². The van der Waals surface area contributed by atoms with E-state index in [1.165, 1.54) is 36.5 Å². The van der Waals surface area contributed by atoms with Crippen molar-refractivity contribution in [2.45, 2.75) is 58.3 Å². The Bertz CT molecular complexity index is 131. The topological polar surface area (TPSA) is 0 Å². The van der Waals surface area contributed by atoms with Gasteiger partial charge < -0.3 is 0 Å². The van der Waals surface area contributed by atoms with E-state index in [4.69, 9.17) is 0 Å². The molecule has 0 aliphatic carbocycles. The molecule has 0 saturated carbocycles. The van der Waals surface area contributed by atoms with Crippen molar-refractivity contribution in [1.29, 1.82) is 0 Å². The molecule has 0 unspecified atom stereocenters. The Hall–Kier alpha value is 0.539. The zero-order valence-electron chi connectivity index (χ0n) is 9.90. The van der Waals surface area contributed by atoms with Gasteiger partial charge in [-0.2, -0.15) is 0 Å². The molecule has 78 valence electrons. The van der Waals surface area contributed by atoms with E-state index in [-0.39, 0.29) is 0 Å². The second-order valence-corrected chi connectivity index (χ2v) is 20.9. The van der Waals surface area contributed by atoms with Gasteiger partial charge in [0.1, 0.15) is 0 Å². The second-order valence-electron chi connectivity index (χ2n) is 5.09. The monoisotopic (exact) mass is 290 g/mol. The SMILES string of the molecule is CCCCCC/C=C/[CH2][Sn]([CH3])([CH3])[CH3]. The van der Waals surface area contributed by atoms with E-state index in [1.807, 2.05) is 0 Å². The minimum atomic E-state index is -1.47. The van der Waals surface area contributed by atoms with E-state index in [0.717, 1.165) is 0 Å². The van der Waals surface area contributed by atoms with Gasteiger partial charge in [-0.05, 0) is 0 Å². The molecule has 0 fully saturated rings. The summed E-state index contributed by atoms with van der Waals surface area (Å²) in [6.07, 6.45) is 11.7. The molecule has 1 heteroatoms. The molecule has 0 aromatic heterocycles. The molecule has 0 aliphatic rings. The first-order valence-electron chi connectivity index (χ1n) is 5.71. The van der Waals surface area contributed by atoms with Crippen LogP contribution in [-0.2, 0) is 0 Å². The normalized spacial score (nSPS) is 12.6. The minimum absolute atomic E-state index is 1.31. The summed E-state index contributed by atoms with van der Waals surface area (Å²) in [4.78, 5) is 7.49. The van der Waals surface area contributed by atoms with Crippen LogP contribution in [0.5, 0.6) is 0 Å². The van der Waals surface area contributed by atoms with Crippen molar-refractivity contribution in [2.24, 2.45) is 0 Å². The molecule has 0 spiro atoms. The number of allylic oxidation sites excluding steroid dienone is 2. The van der Waals surface area contributed by atoms with Gasteiger partial charge in [0.05, 0.1) is 0 Å². The number of hydrogen-bond acceptors (Lipinski definition) is 0. The first kappa shape index (κ1) is 13.5. The zero-order valence-corrected chi connectivity index (χ0v) is 12.8. The average Bonchev–Trinajstić information content (AvgIpc) is 2.01. The Morgan fingerprint density at radius 2 is 1.62 bits per heavy atom. The Morgan fingerprint density at radius 3 is 2.15 bits per heavy atom. The summed E-state index contributed by atoms with van der Waals surface area (Å²) in [6, 6.07) is 0. The summed E-state index contributed by atoms with van der Waals surface area (Å²) >= 11 is -1.47. The standard InChI is InChI=1S/C9H17.3CH3.Sn/c1-3-5-7-9-8-6-4-2;;;;/h3,5H,1,4,6-9H2,2H3;3*1H3;/b5-3+;;;;. The van der Waals surface area contributed by atoms with Gasteiger partial charge >= 0.3 is 88.8 Å². The van der Waals surface area contributed by atoms with Crippen LogP contribution in [0.3, 0.4) is 0 Å². The summed E-state index contributed by atoms with van der Waals surface area (Å²) in [6.45, 7) is 2.27. The molecular weight excluding hydrogens is 263 g/mol. The molecule has 0 aromatic carbocycles. The molecule has 0 amide bonds. The van der Waals surface area contributed by atoms with E-state index in [9.17, 15) is 0 Å². The van der Waals surface area contributed by atoms with E-state index in [0.29, 0.717) is 0 Å². The van der Waals surface area contributed by atoms with Gasteiger partial charge in [-0.1, -0.05) is 0 Å². The predicted octanol–water partition coefficient (Wildman–Crippen LogP) is 4.85. The van der Waals surface area contributed by atoms with Crippen LogP contribution in [0.15, 0.2) is 12.2 Å². The van der Waals surface area contributed by atoms with Crippen molar-refractivity contribution in [3.63, 3.8) is 0 Å². The molecule has 13 heavy (non-hydrogen) atoms. The number of rotatable bonds is 7. The third-order valence-electron chi connectivity index (χ3n) is 2.12. The molecule has 0 nitrogen and oxygen atoms in total. The van der Waals surface area contributed by atoms with E-state index < -0.39 is 18.4 Å². The number of hydrogen-bond donors (Lipinski definition) is 0. The van der Waals surface area contributed by atoms with Crippen LogP contribution in [0, 0.1) is 0 Å². The van der Waals surface area contributed by atoms with Crippen LogP contribution in [0.1, 0.15) is 39.0 Å². The molecule has 0 aromatic rings. The van der Waals surface area contributed by atoms with Gasteiger partial charge in [-0.3, -0.25) is 0 Å². The van der Waals surface area contributed by atoms with Crippen LogP contribution in [-0.4, -0.2) is 18.4 Å². The Balaban J connectivity index is 3.22. The first-order valence-corrected chi connectivity index (χ1v) is 16.3.